The van der Waals surface area contributed by atoms with Crippen molar-refractivity contribution < 1.29 is 48.8 Å². The highest BCUT2D eigenvalue weighted by Crippen LogP contribution is 2.51. The average Bonchev–Trinajstić information content (AvgIpc) is 3.20. The molecule has 1 aliphatic heterocycles. The summed E-state index contributed by atoms with van der Waals surface area (Å²) >= 11 is 0. The molecule has 1 aliphatic rings. The van der Waals surface area contributed by atoms with Gasteiger partial charge in [0, 0.05) is 35.2 Å². The molecule has 0 spiro atoms. The molecule has 3 rings (SSSR count). The lowest BCUT2D eigenvalue weighted by atomic mass is 9.76. The van der Waals surface area contributed by atoms with Gasteiger partial charge in [0.1, 0.15) is 0 Å². The molecule has 1 unspecified atom stereocenters. The van der Waals surface area contributed by atoms with E-state index in [4.69, 9.17) is 5.11 Å². The number of hydrogen-bond acceptors (Lipinski definition) is 8. The fourth-order valence-corrected chi connectivity index (χ4v) is 7.84. The minimum absolute atomic E-state index is 0.00996. The summed E-state index contributed by atoms with van der Waals surface area (Å²) in [6.07, 6.45) is 8.05. The van der Waals surface area contributed by atoms with Gasteiger partial charge in [-0.05, 0) is 98.2 Å². The van der Waals surface area contributed by atoms with Gasteiger partial charge in [-0.2, -0.15) is 25.3 Å². The zero-order chi connectivity index (χ0) is 37.0. The maximum atomic E-state index is 12.2. The van der Waals surface area contributed by atoms with E-state index in [-0.39, 0.29) is 22.6 Å². The number of carboxylic acid groups (broad SMARTS) is 1. The van der Waals surface area contributed by atoms with Crippen molar-refractivity contribution in [3.05, 3.63) is 89.2 Å². The lowest BCUT2D eigenvalue weighted by Crippen LogP contribution is -2.29. The molecule has 0 fully saturated rings. The summed E-state index contributed by atoms with van der Waals surface area (Å²) in [7, 11) is -13.2. The standard InChI is InChI=1S/C34H45NO11S3/c1-24-15-16-26(48(41,42)43)22-28(24)33(3,4)25(2)12-11-13-31-34(5,19-8-6-7-14-32(36)37)29-23-27(49(44,45)46)17-18-30(29)35(31)20-9-10-21-47(38,39)40/h11-13,15-18,22-23H,2,6-10,14,19-21H2,1,3-5H3,(H,36,37)(H,38,39,40)(H,41,42,43)(H,44,45,46)/b12-11+,31-13+. The summed E-state index contributed by atoms with van der Waals surface area (Å²) in [6.45, 7) is 12.0. The van der Waals surface area contributed by atoms with Gasteiger partial charge < -0.3 is 10.0 Å². The van der Waals surface area contributed by atoms with Crippen LogP contribution in [0.1, 0.15) is 82.4 Å². The van der Waals surface area contributed by atoms with Gasteiger partial charge in [-0.25, -0.2) is 0 Å². The minimum Gasteiger partial charge on any atom is -0.481 e. The molecule has 4 N–H and O–H groups in total. The molecule has 0 aliphatic carbocycles. The first kappa shape index (κ1) is 40.1. The molecule has 1 heterocycles. The summed E-state index contributed by atoms with van der Waals surface area (Å²) in [5.74, 6) is -1.33. The smallest absolute Gasteiger partial charge is 0.303 e. The van der Waals surface area contributed by atoms with Crippen molar-refractivity contribution in [3.8, 4) is 0 Å². The fraction of sp³-hybridized carbons (Fsp3) is 0.441. The Kier molecular flexibility index (Phi) is 12.5. The number of fused-ring (bicyclic) bond motifs is 1. The fourth-order valence-electron chi connectivity index (χ4n) is 6.25. The number of nitrogens with zero attached hydrogens (tertiary/aromatic N) is 1. The molecule has 270 valence electrons. The topological polar surface area (TPSA) is 204 Å². The highest BCUT2D eigenvalue weighted by molar-refractivity contribution is 7.86. The van der Waals surface area contributed by atoms with Crippen LogP contribution < -0.4 is 4.90 Å². The second kappa shape index (κ2) is 15.3. The van der Waals surface area contributed by atoms with Crippen molar-refractivity contribution in [2.24, 2.45) is 0 Å². The third kappa shape index (κ3) is 10.1. The van der Waals surface area contributed by atoms with Crippen LogP contribution in [-0.4, -0.2) is 62.3 Å². The number of benzene rings is 2. The van der Waals surface area contributed by atoms with Crippen molar-refractivity contribution in [2.45, 2.75) is 93.3 Å². The Balaban J connectivity index is 2.09. The van der Waals surface area contributed by atoms with E-state index >= 15 is 0 Å². The van der Waals surface area contributed by atoms with Crippen molar-refractivity contribution in [3.63, 3.8) is 0 Å². The van der Waals surface area contributed by atoms with Gasteiger partial charge >= 0.3 is 5.97 Å². The highest BCUT2D eigenvalue weighted by Gasteiger charge is 2.43. The predicted octanol–water partition coefficient (Wildman–Crippen LogP) is 6.24. The van der Waals surface area contributed by atoms with Crippen LogP contribution in [0.2, 0.25) is 0 Å². The van der Waals surface area contributed by atoms with E-state index in [1.54, 1.807) is 24.3 Å². The lowest BCUT2D eigenvalue weighted by Gasteiger charge is -2.31. The SMILES string of the molecule is C=C(/C=C/C=C1/N(CCCCS(=O)(=O)O)c2ccc(S(=O)(=O)O)cc2C1(C)CCCCCC(=O)O)C(C)(C)c1cc(S(=O)(=O)O)ccc1C. The normalized spacial score (nSPS) is 17.9. The number of anilines is 1. The van der Waals surface area contributed by atoms with Crippen LogP contribution in [0.5, 0.6) is 0 Å². The van der Waals surface area contributed by atoms with Gasteiger partial charge in [0.2, 0.25) is 0 Å². The van der Waals surface area contributed by atoms with Crippen LogP contribution in [0.3, 0.4) is 0 Å². The second-order valence-electron chi connectivity index (χ2n) is 13.1. The summed E-state index contributed by atoms with van der Waals surface area (Å²) in [6, 6.07) is 8.65. The zero-order valence-corrected chi connectivity index (χ0v) is 30.5. The second-order valence-corrected chi connectivity index (χ2v) is 17.5. The maximum absolute atomic E-state index is 12.2. The summed E-state index contributed by atoms with van der Waals surface area (Å²) in [4.78, 5) is 12.5. The number of hydrogen-bond donors (Lipinski definition) is 4. The van der Waals surface area contributed by atoms with Crippen LogP contribution in [0.4, 0.5) is 5.69 Å². The minimum atomic E-state index is -4.55. The van der Waals surface area contributed by atoms with E-state index in [1.165, 1.54) is 24.3 Å². The van der Waals surface area contributed by atoms with Crippen molar-refractivity contribution in [1.82, 2.24) is 0 Å². The largest absolute Gasteiger partial charge is 0.481 e. The Hall–Kier alpha value is -3.34. The number of allylic oxidation sites excluding steroid dienone is 5. The molecule has 0 saturated heterocycles. The van der Waals surface area contributed by atoms with Gasteiger partial charge in [0.05, 0.1) is 15.5 Å². The van der Waals surface area contributed by atoms with Gasteiger partial charge in [0.25, 0.3) is 30.4 Å². The first-order valence-electron chi connectivity index (χ1n) is 15.7. The highest BCUT2D eigenvalue weighted by atomic mass is 32.2. The Labute approximate surface area is 289 Å². The van der Waals surface area contributed by atoms with Gasteiger partial charge in [0.15, 0.2) is 0 Å². The molecule has 0 saturated carbocycles. The van der Waals surface area contributed by atoms with E-state index in [2.05, 4.69) is 6.58 Å². The summed E-state index contributed by atoms with van der Waals surface area (Å²) < 4.78 is 99.5. The van der Waals surface area contributed by atoms with Crippen LogP contribution in [0.25, 0.3) is 0 Å². The molecule has 2 aromatic rings. The van der Waals surface area contributed by atoms with Gasteiger partial charge in [-0.15, -0.1) is 0 Å². The molecule has 1 atom stereocenters. The number of aliphatic carboxylic acids is 1. The van der Waals surface area contributed by atoms with Crippen LogP contribution in [0, 0.1) is 6.92 Å². The number of aryl methyl sites for hydroxylation is 1. The molecule has 15 heteroatoms. The first-order valence-corrected chi connectivity index (χ1v) is 20.2. The van der Waals surface area contributed by atoms with Crippen LogP contribution in [-0.2, 0) is 46.0 Å². The Morgan fingerprint density at radius 1 is 0.898 bits per heavy atom. The number of rotatable bonds is 17. The average molecular weight is 740 g/mol. The maximum Gasteiger partial charge on any atom is 0.303 e. The molecular weight excluding hydrogens is 695 g/mol. The predicted molar refractivity (Wildman–Crippen MR) is 188 cm³/mol. The van der Waals surface area contributed by atoms with E-state index in [0.717, 1.165) is 11.3 Å². The van der Waals surface area contributed by atoms with Gasteiger partial charge in [-0.1, -0.05) is 51.5 Å². The Morgan fingerprint density at radius 3 is 2.10 bits per heavy atom. The van der Waals surface area contributed by atoms with Crippen molar-refractivity contribution in [2.75, 3.05) is 17.2 Å². The molecule has 0 aromatic heterocycles. The van der Waals surface area contributed by atoms with E-state index in [9.17, 15) is 43.7 Å². The molecule has 0 radical (unpaired) electrons. The van der Waals surface area contributed by atoms with Crippen LogP contribution >= 0.6 is 0 Å². The van der Waals surface area contributed by atoms with E-state index in [1.807, 2.05) is 38.7 Å². The third-order valence-electron chi connectivity index (χ3n) is 9.14. The lowest BCUT2D eigenvalue weighted by molar-refractivity contribution is -0.137. The molecular formula is C34H45NO11S3. The summed E-state index contributed by atoms with van der Waals surface area (Å²) in [5.41, 5.74) is 2.47. The molecule has 2 aromatic carbocycles. The molecule has 0 amide bonds. The quantitative estimate of drug-likeness (QED) is 0.0809. The van der Waals surface area contributed by atoms with Crippen LogP contribution in [0.15, 0.2) is 82.3 Å². The zero-order valence-electron chi connectivity index (χ0n) is 28.1. The number of carboxylic acids is 1. The molecule has 49 heavy (non-hydrogen) atoms. The third-order valence-corrected chi connectivity index (χ3v) is 11.6. The van der Waals surface area contributed by atoms with Gasteiger partial charge in [-0.3, -0.25) is 18.5 Å². The number of carbonyl (C=O) groups is 1. The van der Waals surface area contributed by atoms with E-state index in [0.29, 0.717) is 61.0 Å². The molecule has 0 bridgehead atoms. The van der Waals surface area contributed by atoms with E-state index < -0.39 is 52.9 Å². The van der Waals surface area contributed by atoms with Crippen molar-refractivity contribution in [1.29, 1.82) is 0 Å². The summed E-state index contributed by atoms with van der Waals surface area (Å²) in [5, 5.41) is 9.08. The first-order chi connectivity index (χ1) is 22.5. The van der Waals surface area contributed by atoms with Crippen molar-refractivity contribution >= 4 is 42.0 Å². The molecule has 12 nitrogen and oxygen atoms in total. The Morgan fingerprint density at radius 2 is 1.51 bits per heavy atom. The number of unbranched alkanes of at least 4 members (excludes halogenated alkanes) is 3. The Bertz CT molecular complexity index is 1980. The monoisotopic (exact) mass is 739 g/mol.